The number of rotatable bonds is 6. The zero-order chi connectivity index (χ0) is 22.6. The third kappa shape index (κ3) is 3.98. The van der Waals surface area contributed by atoms with Gasteiger partial charge in [0.15, 0.2) is 11.7 Å². The summed E-state index contributed by atoms with van der Waals surface area (Å²) in [4.78, 5) is 33.8. The van der Waals surface area contributed by atoms with E-state index in [1.165, 1.54) is 0 Å². The molecule has 0 saturated carbocycles. The molecule has 2 aromatic rings. The zero-order valence-corrected chi connectivity index (χ0v) is 18.4. The fourth-order valence-electron chi connectivity index (χ4n) is 4.65. The fourth-order valence-corrected chi connectivity index (χ4v) is 4.65. The van der Waals surface area contributed by atoms with Gasteiger partial charge in [-0.25, -0.2) is 9.90 Å². The van der Waals surface area contributed by atoms with Crippen LogP contribution in [-0.4, -0.2) is 38.0 Å². The summed E-state index contributed by atoms with van der Waals surface area (Å²) in [6, 6.07) is 18.0. The number of esters is 2. The molecular formula is C25H29NO6. The van der Waals surface area contributed by atoms with Gasteiger partial charge in [-0.3, -0.25) is 9.59 Å². The van der Waals surface area contributed by atoms with Crippen molar-refractivity contribution in [3.63, 3.8) is 0 Å². The molecule has 2 aliphatic rings. The Hall–Kier alpha value is -2.90. The Balaban J connectivity index is 1.97. The van der Waals surface area contributed by atoms with Crippen LogP contribution in [0.1, 0.15) is 38.3 Å². The van der Waals surface area contributed by atoms with Crippen LogP contribution in [-0.2, 0) is 28.6 Å². The van der Waals surface area contributed by atoms with Crippen molar-refractivity contribution < 1.29 is 28.6 Å². The molecule has 2 aromatic carbocycles. The SMILES string of the molecule is CCOC(=O)C1(C(=O)OCC)C[C@H]2CCO[C@@H]2ON(c2ccccc2)[C@H]1c1ccccc1. The number of hydrogen-bond acceptors (Lipinski definition) is 7. The van der Waals surface area contributed by atoms with Crippen molar-refractivity contribution in [2.24, 2.45) is 11.3 Å². The Labute approximate surface area is 188 Å². The number of hydroxylamine groups is 1. The molecule has 0 unspecified atom stereocenters. The third-order valence-corrected chi connectivity index (χ3v) is 6.06. The van der Waals surface area contributed by atoms with Gasteiger partial charge in [-0.05, 0) is 44.4 Å². The summed E-state index contributed by atoms with van der Waals surface area (Å²) in [6.07, 6.45) is 0.306. The van der Waals surface area contributed by atoms with E-state index in [1.54, 1.807) is 18.9 Å². The molecule has 3 atom stereocenters. The number of carbonyl (C=O) groups excluding carboxylic acids is 2. The van der Waals surface area contributed by atoms with E-state index in [2.05, 4.69) is 0 Å². The summed E-state index contributed by atoms with van der Waals surface area (Å²) in [5.41, 5.74) is -0.177. The van der Waals surface area contributed by atoms with Crippen molar-refractivity contribution in [1.82, 2.24) is 0 Å². The van der Waals surface area contributed by atoms with Gasteiger partial charge in [0.2, 0.25) is 0 Å². The number of benzene rings is 2. The molecule has 7 nitrogen and oxygen atoms in total. The summed E-state index contributed by atoms with van der Waals surface area (Å²) in [7, 11) is 0. The van der Waals surface area contributed by atoms with Crippen LogP contribution >= 0.6 is 0 Å². The lowest BCUT2D eigenvalue weighted by atomic mass is 9.70. The van der Waals surface area contributed by atoms with E-state index in [-0.39, 0.29) is 25.6 Å². The largest absolute Gasteiger partial charge is 0.465 e. The van der Waals surface area contributed by atoms with Crippen molar-refractivity contribution >= 4 is 17.6 Å². The molecule has 0 aliphatic carbocycles. The van der Waals surface area contributed by atoms with E-state index in [0.29, 0.717) is 18.7 Å². The van der Waals surface area contributed by atoms with Gasteiger partial charge in [0.25, 0.3) is 0 Å². The van der Waals surface area contributed by atoms with Gasteiger partial charge in [-0.1, -0.05) is 48.5 Å². The Bertz CT molecular complexity index is 901. The minimum Gasteiger partial charge on any atom is -0.465 e. The fraction of sp³-hybridized carbons (Fsp3) is 0.440. The lowest BCUT2D eigenvalue weighted by Crippen LogP contribution is -2.52. The average Bonchev–Trinajstić information content (AvgIpc) is 3.19. The van der Waals surface area contributed by atoms with Crippen molar-refractivity contribution in [1.29, 1.82) is 0 Å². The zero-order valence-electron chi connectivity index (χ0n) is 18.4. The molecule has 2 heterocycles. The first kappa shape index (κ1) is 22.3. The molecule has 170 valence electrons. The molecule has 2 aliphatic heterocycles. The normalized spacial score (nSPS) is 24.3. The van der Waals surface area contributed by atoms with E-state index in [9.17, 15) is 9.59 Å². The van der Waals surface area contributed by atoms with Crippen LogP contribution in [0, 0.1) is 11.3 Å². The Kier molecular flexibility index (Phi) is 6.77. The Morgan fingerprint density at radius 3 is 2.16 bits per heavy atom. The van der Waals surface area contributed by atoms with Crippen LogP contribution in [0.15, 0.2) is 60.7 Å². The molecule has 0 radical (unpaired) electrons. The highest BCUT2D eigenvalue weighted by Gasteiger charge is 2.62. The van der Waals surface area contributed by atoms with E-state index in [4.69, 9.17) is 19.0 Å². The first-order valence-electron chi connectivity index (χ1n) is 11.1. The van der Waals surface area contributed by atoms with Crippen LogP contribution in [0.25, 0.3) is 0 Å². The highest BCUT2D eigenvalue weighted by Crippen LogP contribution is 2.52. The van der Waals surface area contributed by atoms with Gasteiger partial charge in [-0.15, -0.1) is 0 Å². The maximum absolute atomic E-state index is 13.7. The van der Waals surface area contributed by atoms with Crippen molar-refractivity contribution in [3.8, 4) is 0 Å². The predicted molar refractivity (Wildman–Crippen MR) is 117 cm³/mol. The van der Waals surface area contributed by atoms with E-state index in [1.807, 2.05) is 60.7 Å². The van der Waals surface area contributed by atoms with Crippen molar-refractivity contribution in [3.05, 3.63) is 66.2 Å². The van der Waals surface area contributed by atoms with E-state index in [0.717, 1.165) is 5.56 Å². The number of nitrogens with zero attached hydrogens (tertiary/aromatic N) is 1. The molecule has 32 heavy (non-hydrogen) atoms. The second-order valence-electron chi connectivity index (χ2n) is 7.98. The van der Waals surface area contributed by atoms with Gasteiger partial charge in [-0.2, -0.15) is 0 Å². The highest BCUT2D eigenvalue weighted by molar-refractivity contribution is 6.02. The molecule has 0 N–H and O–H groups in total. The maximum Gasteiger partial charge on any atom is 0.326 e. The Morgan fingerprint density at radius 1 is 0.969 bits per heavy atom. The molecular weight excluding hydrogens is 410 g/mol. The number of anilines is 1. The predicted octanol–water partition coefficient (Wildman–Crippen LogP) is 4.04. The van der Waals surface area contributed by atoms with E-state index >= 15 is 0 Å². The van der Waals surface area contributed by atoms with E-state index < -0.39 is 29.7 Å². The second-order valence-corrected chi connectivity index (χ2v) is 7.98. The minimum absolute atomic E-state index is 0.151. The Morgan fingerprint density at radius 2 is 1.56 bits per heavy atom. The van der Waals surface area contributed by atoms with Gasteiger partial charge in [0, 0.05) is 5.92 Å². The summed E-state index contributed by atoms with van der Waals surface area (Å²) in [5.74, 6) is -1.38. The summed E-state index contributed by atoms with van der Waals surface area (Å²) in [6.45, 7) is 4.27. The molecule has 0 spiro atoms. The second kappa shape index (κ2) is 9.71. The molecule has 0 amide bonds. The number of carbonyl (C=O) groups is 2. The summed E-state index contributed by atoms with van der Waals surface area (Å²) >= 11 is 0. The summed E-state index contributed by atoms with van der Waals surface area (Å²) in [5, 5.41) is 1.64. The smallest absolute Gasteiger partial charge is 0.326 e. The minimum atomic E-state index is -1.63. The number of ether oxygens (including phenoxy) is 3. The maximum atomic E-state index is 13.7. The number of para-hydroxylation sites is 1. The number of fused-ring (bicyclic) bond motifs is 1. The van der Waals surface area contributed by atoms with Crippen LogP contribution in [0.2, 0.25) is 0 Å². The van der Waals surface area contributed by atoms with Crippen LogP contribution in [0.3, 0.4) is 0 Å². The van der Waals surface area contributed by atoms with Crippen LogP contribution < -0.4 is 5.06 Å². The highest BCUT2D eigenvalue weighted by atomic mass is 16.8. The topological polar surface area (TPSA) is 74.3 Å². The first-order valence-corrected chi connectivity index (χ1v) is 11.1. The van der Waals surface area contributed by atoms with Crippen LogP contribution in [0.5, 0.6) is 0 Å². The first-order chi connectivity index (χ1) is 15.6. The average molecular weight is 440 g/mol. The molecule has 0 aromatic heterocycles. The lowest BCUT2D eigenvalue weighted by Gasteiger charge is -2.41. The lowest BCUT2D eigenvalue weighted by molar-refractivity contribution is -0.176. The van der Waals surface area contributed by atoms with Crippen molar-refractivity contribution in [2.75, 3.05) is 24.9 Å². The van der Waals surface area contributed by atoms with Gasteiger partial charge in [0.05, 0.1) is 25.5 Å². The molecule has 0 bridgehead atoms. The quantitative estimate of drug-likeness (QED) is 0.497. The van der Waals surface area contributed by atoms with Crippen molar-refractivity contribution in [2.45, 2.75) is 39.0 Å². The molecule has 2 saturated heterocycles. The van der Waals surface area contributed by atoms with Gasteiger partial charge >= 0.3 is 11.9 Å². The third-order valence-electron chi connectivity index (χ3n) is 6.06. The monoisotopic (exact) mass is 439 g/mol. The molecule has 4 rings (SSSR count). The molecule has 7 heteroatoms. The summed E-state index contributed by atoms with van der Waals surface area (Å²) < 4.78 is 16.9. The van der Waals surface area contributed by atoms with Gasteiger partial charge < -0.3 is 14.2 Å². The molecule has 2 fully saturated rings. The standard InChI is InChI=1S/C25H29NO6/c1-3-29-23(27)25(24(28)30-4-2)17-19-15-16-31-22(19)32-26(20-13-9-6-10-14-20)21(25)18-11-7-5-8-12-18/h5-14,19,21-22H,3-4,15-17H2,1-2H3/t19-,21+,22-/m1/s1. The van der Waals surface area contributed by atoms with Gasteiger partial charge in [0.1, 0.15) is 6.04 Å². The number of hydrogen-bond donors (Lipinski definition) is 0. The van der Waals surface area contributed by atoms with Crippen LogP contribution in [0.4, 0.5) is 5.69 Å².